The Balaban J connectivity index is 1.30. The van der Waals surface area contributed by atoms with Crippen LogP contribution in [-0.2, 0) is 6.54 Å². The van der Waals surface area contributed by atoms with Crippen molar-refractivity contribution in [3.8, 4) is 23.1 Å². The molecule has 10 heteroatoms. The Kier molecular flexibility index (Phi) is 7.14. The number of pyridine rings is 3. The third kappa shape index (κ3) is 5.04. The van der Waals surface area contributed by atoms with Gasteiger partial charge < -0.3 is 20.7 Å². The fraction of sp³-hybridized carbons (Fsp3) is 0.333. The molecule has 3 aliphatic heterocycles. The molecule has 0 saturated carbocycles. The van der Waals surface area contributed by atoms with Crippen LogP contribution in [0.4, 0.5) is 15.9 Å². The molecule has 0 spiro atoms. The number of fused-ring (bicyclic) bond motifs is 2. The first kappa shape index (κ1) is 24.5. The van der Waals surface area contributed by atoms with Gasteiger partial charge in [0.25, 0.3) is 0 Å². The first-order valence-electron chi connectivity index (χ1n) is 12.2. The Labute approximate surface area is 215 Å². The molecule has 9 nitrogen and oxygen atoms in total. The fourth-order valence-electron chi connectivity index (χ4n) is 5.06. The lowest BCUT2D eigenvalue weighted by atomic mass is 9.87. The number of nitrogens with one attached hydrogen (secondary N) is 1. The van der Waals surface area contributed by atoms with Crippen molar-refractivity contribution in [2.45, 2.75) is 25.0 Å². The van der Waals surface area contributed by atoms with E-state index in [2.05, 4.69) is 37.2 Å². The van der Waals surface area contributed by atoms with Gasteiger partial charge >= 0.3 is 0 Å². The molecule has 3 aromatic rings. The van der Waals surface area contributed by atoms with Crippen LogP contribution < -0.4 is 20.7 Å². The zero-order chi connectivity index (χ0) is 25.8. The number of alkyl halides is 1. The first-order valence-corrected chi connectivity index (χ1v) is 12.2. The van der Waals surface area contributed by atoms with Gasteiger partial charge in [-0.15, -0.1) is 0 Å². The number of allylic oxidation sites excluding steroid dienone is 1. The average Bonchev–Trinajstić information content (AvgIpc) is 2.96. The number of hydrogen-bond donors (Lipinski definition) is 2. The van der Waals surface area contributed by atoms with Gasteiger partial charge in [0.1, 0.15) is 18.6 Å². The molecule has 3 aromatic heterocycles. The molecular formula is C27H29FN8O. The summed E-state index contributed by atoms with van der Waals surface area (Å²) < 4.78 is 17.8. The lowest BCUT2D eigenvalue weighted by molar-refractivity contribution is -0.00876. The molecule has 0 aliphatic carbocycles. The van der Waals surface area contributed by atoms with E-state index in [9.17, 15) is 9.65 Å². The van der Waals surface area contributed by atoms with E-state index >= 15 is 0 Å². The predicted octanol–water partition coefficient (Wildman–Crippen LogP) is 3.21. The van der Waals surface area contributed by atoms with Crippen molar-refractivity contribution in [2.75, 3.05) is 43.6 Å². The van der Waals surface area contributed by atoms with E-state index in [1.54, 1.807) is 19.5 Å². The highest BCUT2D eigenvalue weighted by Crippen LogP contribution is 2.36. The second-order valence-electron chi connectivity index (χ2n) is 9.16. The van der Waals surface area contributed by atoms with Crippen molar-refractivity contribution >= 4 is 17.1 Å². The molecule has 6 heterocycles. The summed E-state index contributed by atoms with van der Waals surface area (Å²) in [6.45, 7) is 2.39. The van der Waals surface area contributed by atoms with Crippen molar-refractivity contribution in [3.63, 3.8) is 0 Å². The number of anilines is 2. The van der Waals surface area contributed by atoms with Gasteiger partial charge in [-0.25, -0.2) is 14.4 Å². The summed E-state index contributed by atoms with van der Waals surface area (Å²) in [6.07, 6.45) is 7.68. The summed E-state index contributed by atoms with van der Waals surface area (Å²) in [6, 6.07) is 12.8. The Morgan fingerprint density at radius 2 is 2.03 bits per heavy atom. The summed E-state index contributed by atoms with van der Waals surface area (Å²) in [4.78, 5) is 18.3. The molecule has 3 saturated heterocycles. The molecule has 0 radical (unpaired) electrons. The van der Waals surface area contributed by atoms with Gasteiger partial charge in [-0.1, -0.05) is 6.07 Å². The predicted molar refractivity (Wildman–Crippen MR) is 140 cm³/mol. The van der Waals surface area contributed by atoms with E-state index < -0.39 is 6.67 Å². The maximum atomic E-state index is 12.7. The first-order chi connectivity index (χ1) is 18.1. The molecular weight excluding hydrogens is 471 g/mol. The van der Waals surface area contributed by atoms with Gasteiger partial charge in [0.05, 0.1) is 30.3 Å². The second-order valence-corrected chi connectivity index (χ2v) is 9.16. The van der Waals surface area contributed by atoms with Crippen molar-refractivity contribution in [1.82, 2.24) is 19.9 Å². The van der Waals surface area contributed by atoms with E-state index in [0.29, 0.717) is 34.9 Å². The Morgan fingerprint density at radius 3 is 2.65 bits per heavy atom. The minimum absolute atomic E-state index is 0.179. The lowest BCUT2D eigenvalue weighted by Crippen LogP contribution is -2.68. The van der Waals surface area contributed by atoms with Gasteiger partial charge in [0.2, 0.25) is 5.88 Å². The topological polar surface area (TPSA) is 116 Å². The third-order valence-electron chi connectivity index (χ3n) is 6.95. The van der Waals surface area contributed by atoms with Crippen LogP contribution >= 0.6 is 0 Å². The number of nitrogens with two attached hydrogens (primary N) is 1. The monoisotopic (exact) mass is 500 g/mol. The van der Waals surface area contributed by atoms with Crippen LogP contribution in [0.3, 0.4) is 0 Å². The number of nitriles is 1. The van der Waals surface area contributed by atoms with E-state index in [-0.39, 0.29) is 12.1 Å². The van der Waals surface area contributed by atoms with Gasteiger partial charge in [0, 0.05) is 74.0 Å². The SMILES string of the molecule is COc1ccc(CN2C3CC2CN(c2ccc(-c4cc(NCCF)cnc4C(C#N)=CN)cn2)C3)cn1. The number of hydrogen-bond acceptors (Lipinski definition) is 9. The van der Waals surface area contributed by atoms with Gasteiger partial charge in [-0.2, -0.15) is 5.26 Å². The summed E-state index contributed by atoms with van der Waals surface area (Å²) in [5.74, 6) is 1.54. The van der Waals surface area contributed by atoms with Crippen molar-refractivity contribution in [1.29, 1.82) is 5.26 Å². The minimum atomic E-state index is -0.494. The number of halogens is 1. The average molecular weight is 501 g/mol. The van der Waals surface area contributed by atoms with Crippen LogP contribution in [0.2, 0.25) is 0 Å². The van der Waals surface area contributed by atoms with Crippen LogP contribution in [0, 0.1) is 11.3 Å². The highest BCUT2D eigenvalue weighted by atomic mass is 19.1. The van der Waals surface area contributed by atoms with E-state index in [0.717, 1.165) is 31.0 Å². The number of rotatable bonds is 9. The maximum absolute atomic E-state index is 12.7. The minimum Gasteiger partial charge on any atom is -0.481 e. The number of piperidine rings is 1. The van der Waals surface area contributed by atoms with E-state index in [1.807, 2.05) is 30.5 Å². The molecule has 6 rings (SSSR count). The highest BCUT2D eigenvalue weighted by molar-refractivity contribution is 5.86. The Morgan fingerprint density at radius 1 is 1.19 bits per heavy atom. The van der Waals surface area contributed by atoms with Crippen molar-refractivity contribution < 1.29 is 9.13 Å². The number of piperazine rings is 1. The van der Waals surface area contributed by atoms with Crippen LogP contribution in [0.1, 0.15) is 17.7 Å². The van der Waals surface area contributed by atoms with E-state index in [1.165, 1.54) is 18.2 Å². The highest BCUT2D eigenvalue weighted by Gasteiger charge is 2.44. The van der Waals surface area contributed by atoms with Crippen LogP contribution in [-0.4, -0.2) is 65.4 Å². The summed E-state index contributed by atoms with van der Waals surface area (Å²) in [7, 11) is 1.62. The normalized spacial score (nSPS) is 19.2. The van der Waals surface area contributed by atoms with E-state index in [4.69, 9.17) is 15.5 Å². The molecule has 0 aromatic carbocycles. The van der Waals surface area contributed by atoms with Gasteiger partial charge in [0.15, 0.2) is 0 Å². The molecule has 2 atom stereocenters. The quantitative estimate of drug-likeness (QED) is 0.427. The molecule has 190 valence electrons. The Bertz CT molecular complexity index is 1290. The van der Waals surface area contributed by atoms with Crippen LogP contribution in [0.25, 0.3) is 16.7 Å². The second kappa shape index (κ2) is 10.8. The van der Waals surface area contributed by atoms with Crippen molar-refractivity contribution in [2.24, 2.45) is 5.73 Å². The molecule has 3 N–H and O–H groups in total. The third-order valence-corrected chi connectivity index (χ3v) is 6.95. The maximum Gasteiger partial charge on any atom is 0.212 e. The zero-order valence-corrected chi connectivity index (χ0v) is 20.6. The van der Waals surface area contributed by atoms with Gasteiger partial charge in [-0.05, 0) is 30.2 Å². The number of ether oxygens (including phenoxy) is 1. The van der Waals surface area contributed by atoms with Crippen LogP contribution in [0.15, 0.2) is 55.1 Å². The molecule has 0 amide bonds. The standard InChI is InChI=1S/C27H29FN8O/c1-37-26-5-2-18(12-33-26)15-36-22-9-23(36)17-35(16-22)25-4-3-19(13-32-25)24-8-21(31-7-6-28)14-34-27(24)20(10-29)11-30/h2-5,8,10,12-14,22-23,31H,6-7,9,15-17,29H2,1H3. The number of methoxy groups -OCH3 is 1. The molecule has 2 bridgehead atoms. The largest absolute Gasteiger partial charge is 0.481 e. The molecule has 3 aliphatic rings. The summed E-state index contributed by atoms with van der Waals surface area (Å²) in [5.41, 5.74) is 9.76. The fourth-order valence-corrected chi connectivity index (χ4v) is 5.06. The summed E-state index contributed by atoms with van der Waals surface area (Å²) in [5, 5.41) is 12.5. The van der Waals surface area contributed by atoms with Crippen LogP contribution in [0.5, 0.6) is 5.88 Å². The smallest absolute Gasteiger partial charge is 0.212 e. The Hall–Kier alpha value is -4.23. The summed E-state index contributed by atoms with van der Waals surface area (Å²) >= 11 is 0. The number of nitrogens with zero attached hydrogens (tertiary/aromatic N) is 6. The molecule has 3 fully saturated rings. The molecule has 37 heavy (non-hydrogen) atoms. The van der Waals surface area contributed by atoms with Crippen molar-refractivity contribution in [3.05, 3.63) is 66.4 Å². The zero-order valence-electron chi connectivity index (χ0n) is 20.6. The number of aromatic nitrogens is 3. The molecule has 2 unspecified atom stereocenters. The van der Waals surface area contributed by atoms with Gasteiger partial charge in [-0.3, -0.25) is 9.88 Å². The lowest BCUT2D eigenvalue weighted by Gasteiger charge is -2.56.